The van der Waals surface area contributed by atoms with Gasteiger partial charge in [0.05, 0.1) is 10.8 Å². The van der Waals surface area contributed by atoms with Gasteiger partial charge in [0.2, 0.25) is 0 Å². The molecule has 4 nitrogen and oxygen atoms in total. The largest absolute Gasteiger partial charge is 0.489 e. The van der Waals surface area contributed by atoms with Crippen LogP contribution in [-0.2, 0) is 12.5 Å². The number of benzene rings is 2. The summed E-state index contributed by atoms with van der Waals surface area (Å²) in [7, 11) is 0. The van der Waals surface area contributed by atoms with Gasteiger partial charge in [-0.1, -0.05) is 23.7 Å². The highest BCUT2D eigenvalue weighted by Crippen LogP contribution is 2.26. The molecule has 0 heterocycles. The molecule has 2 aromatic carbocycles. The average molecular weight is 312 g/mol. The molecule has 0 bridgehead atoms. The van der Waals surface area contributed by atoms with Gasteiger partial charge in [0.15, 0.2) is 0 Å². The van der Waals surface area contributed by atoms with Gasteiger partial charge < -0.3 is 4.74 Å². The van der Waals surface area contributed by atoms with Gasteiger partial charge >= 0.3 is 0 Å². The van der Waals surface area contributed by atoms with Crippen molar-refractivity contribution in [3.8, 4) is 5.75 Å². The highest BCUT2D eigenvalue weighted by molar-refractivity contribution is 6.30. The summed E-state index contributed by atoms with van der Waals surface area (Å²) in [5.74, 6) is 0.678. The lowest BCUT2D eigenvalue weighted by atomic mass is 10.2. The minimum absolute atomic E-state index is 0.00393. The first-order valence-corrected chi connectivity index (χ1v) is 6.72. The number of rotatable bonds is 5. The molecule has 6 heteroatoms. The highest BCUT2D eigenvalue weighted by Gasteiger charge is 2.11. The van der Waals surface area contributed by atoms with Gasteiger partial charge in [0, 0.05) is 22.7 Å². The third kappa shape index (κ3) is 3.62. The summed E-state index contributed by atoms with van der Waals surface area (Å²) in [6.45, 7) is 0.322. The second-order valence-corrected chi connectivity index (χ2v) is 4.81. The first-order chi connectivity index (χ1) is 9.60. The second kappa shape index (κ2) is 6.59. The van der Waals surface area contributed by atoms with E-state index >= 15 is 0 Å². The van der Waals surface area contributed by atoms with E-state index in [9.17, 15) is 10.1 Å². The molecule has 0 aliphatic rings. The lowest BCUT2D eigenvalue weighted by Crippen LogP contribution is -1.99. The number of hydrogen-bond acceptors (Lipinski definition) is 3. The summed E-state index contributed by atoms with van der Waals surface area (Å²) in [5, 5.41) is 11.3. The van der Waals surface area contributed by atoms with Gasteiger partial charge in [0.25, 0.3) is 5.69 Å². The number of hydrogen-bond donors (Lipinski definition) is 0. The summed E-state index contributed by atoms with van der Waals surface area (Å²) in [6.07, 6.45) is 0. The monoisotopic (exact) mass is 311 g/mol. The second-order valence-electron chi connectivity index (χ2n) is 4.10. The lowest BCUT2D eigenvalue weighted by Gasteiger charge is -2.10. The first kappa shape index (κ1) is 14.6. The van der Waals surface area contributed by atoms with Crippen LogP contribution in [0.25, 0.3) is 0 Å². The number of nitro groups is 1. The lowest BCUT2D eigenvalue weighted by molar-refractivity contribution is -0.384. The van der Waals surface area contributed by atoms with Crippen molar-refractivity contribution < 1.29 is 9.66 Å². The van der Waals surface area contributed by atoms with E-state index in [4.69, 9.17) is 27.9 Å². The third-order valence-corrected chi connectivity index (χ3v) is 3.21. The molecule has 0 aliphatic carbocycles. The quantitative estimate of drug-likeness (QED) is 0.462. The van der Waals surface area contributed by atoms with Crippen molar-refractivity contribution >= 4 is 28.9 Å². The van der Waals surface area contributed by atoms with Crippen LogP contribution in [0.4, 0.5) is 5.69 Å². The molecule has 0 aromatic heterocycles. The topological polar surface area (TPSA) is 52.4 Å². The molecule has 0 N–H and O–H groups in total. The van der Waals surface area contributed by atoms with Gasteiger partial charge in [-0.2, -0.15) is 0 Å². The molecule has 2 rings (SSSR count). The zero-order valence-electron chi connectivity index (χ0n) is 10.4. The van der Waals surface area contributed by atoms with Gasteiger partial charge in [0.1, 0.15) is 12.4 Å². The Morgan fingerprint density at radius 1 is 1.20 bits per heavy atom. The Labute approximate surface area is 126 Å². The van der Waals surface area contributed by atoms with E-state index in [1.54, 1.807) is 18.2 Å². The number of non-ortho nitro benzene ring substituents is 1. The van der Waals surface area contributed by atoms with Crippen LogP contribution in [0.5, 0.6) is 5.75 Å². The molecule has 0 fully saturated rings. The molecule has 104 valence electrons. The van der Waals surface area contributed by atoms with Crippen LogP contribution in [0.2, 0.25) is 5.02 Å². The minimum Gasteiger partial charge on any atom is -0.489 e. The molecule has 2 aromatic rings. The van der Waals surface area contributed by atoms with Crippen molar-refractivity contribution in [1.82, 2.24) is 0 Å². The van der Waals surface area contributed by atoms with E-state index in [0.717, 1.165) is 5.56 Å². The maximum absolute atomic E-state index is 10.7. The van der Waals surface area contributed by atoms with Crippen LogP contribution in [0.15, 0.2) is 42.5 Å². The summed E-state index contributed by atoms with van der Waals surface area (Å²) in [6, 6.07) is 11.7. The Morgan fingerprint density at radius 3 is 2.65 bits per heavy atom. The molecule has 0 saturated heterocycles. The maximum atomic E-state index is 10.7. The average Bonchev–Trinajstić information content (AvgIpc) is 2.45. The predicted octanol–water partition coefficient (Wildman–Crippen LogP) is 4.57. The number of nitro benzene ring substituents is 1. The Kier molecular flexibility index (Phi) is 4.82. The molecule has 20 heavy (non-hydrogen) atoms. The summed E-state index contributed by atoms with van der Waals surface area (Å²) in [4.78, 5) is 10.2. The standard InChI is InChI=1S/C14H11Cl2NO3/c15-8-11-7-13(17(18)19)4-5-14(11)20-9-10-2-1-3-12(16)6-10/h1-7H,8-9H2. The molecular formula is C14H11Cl2NO3. The fourth-order valence-corrected chi connectivity index (χ4v) is 2.13. The first-order valence-electron chi connectivity index (χ1n) is 5.80. The molecule has 0 unspecified atom stereocenters. The van der Waals surface area contributed by atoms with Crippen LogP contribution in [0, 0.1) is 10.1 Å². The van der Waals surface area contributed by atoms with Gasteiger partial charge in [-0.3, -0.25) is 10.1 Å². The zero-order valence-corrected chi connectivity index (χ0v) is 11.9. The molecular weight excluding hydrogens is 301 g/mol. The number of alkyl halides is 1. The molecule has 0 radical (unpaired) electrons. The van der Waals surface area contributed by atoms with Crippen molar-refractivity contribution in [3.63, 3.8) is 0 Å². The molecule has 0 aliphatic heterocycles. The molecule has 0 spiro atoms. The van der Waals surface area contributed by atoms with E-state index in [1.807, 2.05) is 12.1 Å². The SMILES string of the molecule is O=[N+]([O-])c1ccc(OCc2cccc(Cl)c2)c(CCl)c1. The molecule has 0 amide bonds. The van der Waals surface area contributed by atoms with Crippen LogP contribution in [0.3, 0.4) is 0 Å². The van der Waals surface area contributed by atoms with Crippen molar-refractivity contribution in [2.24, 2.45) is 0 Å². The smallest absolute Gasteiger partial charge is 0.270 e. The van der Waals surface area contributed by atoms with Gasteiger partial charge in [-0.25, -0.2) is 0 Å². The van der Waals surface area contributed by atoms with Gasteiger partial charge in [-0.15, -0.1) is 11.6 Å². The Morgan fingerprint density at radius 2 is 2.00 bits per heavy atom. The molecule has 0 atom stereocenters. The molecule has 0 saturated carbocycles. The van der Waals surface area contributed by atoms with Crippen LogP contribution in [0.1, 0.15) is 11.1 Å². The Bertz CT molecular complexity index is 632. The number of ether oxygens (including phenoxy) is 1. The normalized spacial score (nSPS) is 10.3. The number of nitrogens with zero attached hydrogens (tertiary/aromatic N) is 1. The Hall–Kier alpha value is -1.78. The van der Waals surface area contributed by atoms with Crippen molar-refractivity contribution in [2.45, 2.75) is 12.5 Å². The van der Waals surface area contributed by atoms with Crippen molar-refractivity contribution in [1.29, 1.82) is 0 Å². The van der Waals surface area contributed by atoms with Crippen molar-refractivity contribution in [2.75, 3.05) is 0 Å². The fourth-order valence-electron chi connectivity index (χ4n) is 1.71. The van der Waals surface area contributed by atoms with Crippen LogP contribution < -0.4 is 4.74 Å². The van der Waals surface area contributed by atoms with E-state index in [2.05, 4.69) is 0 Å². The fraction of sp³-hybridized carbons (Fsp3) is 0.143. The summed E-state index contributed by atoms with van der Waals surface area (Å²) in [5.41, 5.74) is 1.50. The van der Waals surface area contributed by atoms with E-state index in [1.165, 1.54) is 12.1 Å². The zero-order chi connectivity index (χ0) is 14.5. The summed E-state index contributed by atoms with van der Waals surface area (Å²) < 4.78 is 5.64. The summed E-state index contributed by atoms with van der Waals surface area (Å²) >= 11 is 11.7. The van der Waals surface area contributed by atoms with Crippen molar-refractivity contribution in [3.05, 3.63) is 68.7 Å². The highest BCUT2D eigenvalue weighted by atomic mass is 35.5. The maximum Gasteiger partial charge on any atom is 0.270 e. The van der Waals surface area contributed by atoms with E-state index < -0.39 is 4.92 Å². The Balaban J connectivity index is 2.15. The number of halogens is 2. The minimum atomic E-state index is -0.462. The van der Waals surface area contributed by atoms with Gasteiger partial charge in [-0.05, 0) is 23.8 Å². The van der Waals surface area contributed by atoms with E-state index in [0.29, 0.717) is 22.9 Å². The van der Waals surface area contributed by atoms with E-state index in [-0.39, 0.29) is 11.6 Å². The van der Waals surface area contributed by atoms with Crippen LogP contribution >= 0.6 is 23.2 Å². The third-order valence-electron chi connectivity index (χ3n) is 2.68. The van der Waals surface area contributed by atoms with Crippen LogP contribution in [-0.4, -0.2) is 4.92 Å². The predicted molar refractivity (Wildman–Crippen MR) is 78.4 cm³/mol.